The van der Waals surface area contributed by atoms with E-state index in [2.05, 4.69) is 20.5 Å². The lowest BCUT2D eigenvalue weighted by molar-refractivity contribution is 0.472. The molecule has 45 heavy (non-hydrogen) atoms. The molecule has 0 saturated heterocycles. The second-order valence-corrected chi connectivity index (χ2v) is 13.6. The van der Waals surface area contributed by atoms with E-state index >= 15 is 0 Å². The van der Waals surface area contributed by atoms with Gasteiger partial charge in [0.2, 0.25) is 0 Å². The van der Waals surface area contributed by atoms with Crippen LogP contribution in [0.3, 0.4) is 0 Å². The molecule has 0 aliphatic heterocycles. The third-order valence-corrected chi connectivity index (χ3v) is 8.97. The summed E-state index contributed by atoms with van der Waals surface area (Å²) in [6, 6.07) is 14.1. The van der Waals surface area contributed by atoms with Crippen LogP contribution in [0.2, 0.25) is 0 Å². The second kappa shape index (κ2) is 11.1. The van der Waals surface area contributed by atoms with E-state index in [1.54, 1.807) is 0 Å². The first-order valence-electron chi connectivity index (χ1n) is 12.2. The van der Waals surface area contributed by atoms with E-state index in [1.807, 2.05) is 0 Å². The molecule has 5 aromatic carbocycles. The van der Waals surface area contributed by atoms with Gasteiger partial charge in [-0.15, -0.1) is 20.5 Å². The Balaban J connectivity index is 1.72. The van der Waals surface area contributed by atoms with Gasteiger partial charge < -0.3 is 16.6 Å². The highest BCUT2D eigenvalue weighted by molar-refractivity contribution is 7.86. The Bertz CT molecular complexity index is 2450. The van der Waals surface area contributed by atoms with Crippen LogP contribution in [-0.2, 0) is 30.4 Å². The largest absolute Gasteiger partial charge is 0.505 e. The van der Waals surface area contributed by atoms with E-state index in [-0.39, 0.29) is 50.0 Å². The Kier molecular flexibility index (Phi) is 7.77. The monoisotopic (exact) mass is 671 g/mol. The number of rotatable bonds is 7. The van der Waals surface area contributed by atoms with Crippen LogP contribution < -0.4 is 11.5 Å². The number of benzene rings is 5. The fraction of sp³-hybridized carbons (Fsp3) is 0. The van der Waals surface area contributed by atoms with Gasteiger partial charge in [-0.2, -0.15) is 25.3 Å². The number of anilines is 1. The van der Waals surface area contributed by atoms with Crippen molar-refractivity contribution in [1.82, 2.24) is 5.73 Å². The van der Waals surface area contributed by atoms with Crippen molar-refractivity contribution in [2.45, 2.75) is 14.7 Å². The zero-order valence-electron chi connectivity index (χ0n) is 22.3. The number of aromatic hydroxyl groups is 1. The van der Waals surface area contributed by atoms with Gasteiger partial charge >= 0.3 is 0 Å². The minimum absolute atomic E-state index is 0.00478. The molecule has 0 unspecified atom stereocenters. The summed E-state index contributed by atoms with van der Waals surface area (Å²) in [4.78, 5) is -1.99. The van der Waals surface area contributed by atoms with Crippen LogP contribution in [0.25, 0.3) is 21.5 Å². The number of nitrogens with two attached hydrogens (primary N) is 1. The molecule has 5 aromatic rings. The van der Waals surface area contributed by atoms with Gasteiger partial charge in [0.1, 0.15) is 21.2 Å². The number of hydrogen-bond acceptors (Lipinski definition) is 12. The predicted molar refractivity (Wildman–Crippen MR) is 161 cm³/mol. The molecule has 0 spiro atoms. The first-order valence-corrected chi connectivity index (χ1v) is 16.5. The lowest BCUT2D eigenvalue weighted by Gasteiger charge is -2.10. The highest BCUT2D eigenvalue weighted by atomic mass is 32.2. The summed E-state index contributed by atoms with van der Waals surface area (Å²) in [7, 11) is -14.4. The Morgan fingerprint density at radius 1 is 0.578 bits per heavy atom. The average Bonchev–Trinajstić information content (AvgIpc) is 2.94. The summed E-state index contributed by atoms with van der Waals surface area (Å²) >= 11 is 0. The van der Waals surface area contributed by atoms with Crippen molar-refractivity contribution in [3.63, 3.8) is 0 Å². The standard InChI is InChI=1S/C26H19N6O10S3/c27-14-2-1-13-9-24(45(40,41)42)25(26(33)18(13)10-14)32-30-21-7-6-20(17-5-4-16(12-19(17)21)43(34,35)36)29-31-22-11-15(28)3-8-23(22)44(37,38)39/h1-12,28,33H,27H2,(H,34,35,36)(H,37,38,39)(H,40,41,42)/b31-29+,32-30+. The molecule has 1 radical (unpaired) electrons. The molecule has 0 atom stereocenters. The molecule has 231 valence electrons. The quantitative estimate of drug-likeness (QED) is 0.0786. The number of azo groups is 2. The summed E-state index contributed by atoms with van der Waals surface area (Å²) in [6.07, 6.45) is 0. The van der Waals surface area contributed by atoms with Gasteiger partial charge in [-0.3, -0.25) is 13.7 Å². The van der Waals surface area contributed by atoms with E-state index in [9.17, 15) is 44.0 Å². The minimum atomic E-state index is -4.95. The average molecular weight is 672 g/mol. The van der Waals surface area contributed by atoms with E-state index < -0.39 is 56.5 Å². The molecule has 0 aromatic heterocycles. The maximum absolute atomic E-state index is 12.2. The lowest BCUT2D eigenvalue weighted by atomic mass is 10.1. The zero-order valence-corrected chi connectivity index (χ0v) is 24.7. The second-order valence-electron chi connectivity index (χ2n) is 9.37. The van der Waals surface area contributed by atoms with Crippen LogP contribution in [0.1, 0.15) is 0 Å². The van der Waals surface area contributed by atoms with Gasteiger partial charge in [0.25, 0.3) is 30.4 Å². The normalized spacial score (nSPS) is 13.0. The van der Waals surface area contributed by atoms with Crippen LogP contribution in [0.5, 0.6) is 5.75 Å². The molecule has 0 fully saturated rings. The molecular formula is C26H19N6O10S3. The molecule has 0 aliphatic carbocycles. The number of phenols is 1. The zero-order chi connectivity index (χ0) is 32.9. The molecular weight excluding hydrogens is 653 g/mol. The summed E-state index contributed by atoms with van der Waals surface area (Å²) in [6.45, 7) is 0. The van der Waals surface area contributed by atoms with Crippen molar-refractivity contribution in [3.8, 4) is 5.75 Å². The van der Waals surface area contributed by atoms with Crippen molar-refractivity contribution in [2.24, 2.45) is 20.5 Å². The third-order valence-electron chi connectivity index (χ3n) is 6.35. The lowest BCUT2D eigenvalue weighted by Crippen LogP contribution is -1.99. The van der Waals surface area contributed by atoms with E-state index in [0.717, 1.165) is 36.4 Å². The van der Waals surface area contributed by atoms with Gasteiger partial charge in [-0.25, -0.2) is 0 Å². The number of nitrogens with one attached hydrogen (secondary N) is 1. The first kappa shape index (κ1) is 31.4. The van der Waals surface area contributed by atoms with Gasteiger partial charge in [-0.05, 0) is 66.0 Å². The number of fused-ring (bicyclic) bond motifs is 2. The predicted octanol–water partition coefficient (Wildman–Crippen LogP) is 5.77. The van der Waals surface area contributed by atoms with E-state index in [0.29, 0.717) is 0 Å². The summed E-state index contributed by atoms with van der Waals surface area (Å²) in [5, 5.41) is 26.9. The molecule has 0 aliphatic rings. The minimum Gasteiger partial charge on any atom is -0.505 e. The summed E-state index contributed by atoms with van der Waals surface area (Å²) < 4.78 is 101. The molecule has 0 amide bonds. The Morgan fingerprint density at radius 3 is 1.84 bits per heavy atom. The Labute approximate surface area is 254 Å². The smallest absolute Gasteiger partial charge is 0.296 e. The SMILES string of the molecule is [NH]c1ccc(S(=O)(=O)O)c(/N=N/c2ccc(/N=N/c3c(S(=O)(=O)O)cc4ccc(N)cc4c3O)c3cc(S(=O)(=O)O)ccc23)c1. The van der Waals surface area contributed by atoms with Crippen LogP contribution in [0.4, 0.5) is 34.1 Å². The van der Waals surface area contributed by atoms with Crippen LogP contribution in [-0.4, -0.2) is 44.0 Å². The Hall–Kier alpha value is -5.05. The molecule has 16 nitrogen and oxygen atoms in total. The summed E-state index contributed by atoms with van der Waals surface area (Å²) in [5.74, 6) is -0.684. The molecule has 0 heterocycles. The molecule has 19 heteroatoms. The van der Waals surface area contributed by atoms with Crippen molar-refractivity contribution >= 4 is 86.0 Å². The topological polar surface area (TPSA) is 283 Å². The fourth-order valence-electron chi connectivity index (χ4n) is 4.31. The highest BCUT2D eigenvalue weighted by Crippen LogP contribution is 2.43. The van der Waals surface area contributed by atoms with Crippen LogP contribution in [0.15, 0.2) is 108 Å². The summed E-state index contributed by atoms with van der Waals surface area (Å²) in [5.41, 5.74) is 12.5. The van der Waals surface area contributed by atoms with Crippen molar-refractivity contribution < 1.29 is 44.0 Å². The van der Waals surface area contributed by atoms with E-state index in [1.165, 1.54) is 36.4 Å². The number of nitrogen functional groups attached to an aromatic ring is 1. The van der Waals surface area contributed by atoms with Crippen LogP contribution >= 0.6 is 0 Å². The maximum atomic E-state index is 12.2. The maximum Gasteiger partial charge on any atom is 0.296 e. The van der Waals surface area contributed by atoms with Gasteiger partial charge in [-0.1, -0.05) is 12.1 Å². The van der Waals surface area contributed by atoms with Crippen molar-refractivity contribution in [2.75, 3.05) is 5.73 Å². The van der Waals surface area contributed by atoms with Gasteiger partial charge in [0, 0.05) is 21.8 Å². The molecule has 0 saturated carbocycles. The van der Waals surface area contributed by atoms with Gasteiger partial charge in [0.05, 0.1) is 22.0 Å². The highest BCUT2D eigenvalue weighted by Gasteiger charge is 2.23. The fourth-order valence-corrected chi connectivity index (χ4v) is 6.08. The molecule has 5 rings (SSSR count). The Morgan fingerprint density at radius 2 is 1.20 bits per heavy atom. The third kappa shape index (κ3) is 6.43. The number of nitrogens with zero attached hydrogens (tertiary/aromatic N) is 4. The van der Waals surface area contributed by atoms with Crippen molar-refractivity contribution in [1.29, 1.82) is 0 Å². The number of phenolic OH excluding ortho intramolecular Hbond substituents is 1. The van der Waals surface area contributed by atoms with E-state index in [4.69, 9.17) is 11.5 Å². The molecule has 0 bridgehead atoms. The van der Waals surface area contributed by atoms with Crippen LogP contribution in [0, 0.1) is 0 Å². The van der Waals surface area contributed by atoms with Gasteiger partial charge in [0.15, 0.2) is 5.75 Å². The first-order chi connectivity index (χ1) is 20.9. The number of hydrogen-bond donors (Lipinski definition) is 5. The molecule has 7 N–H and O–H groups in total. The van der Waals surface area contributed by atoms with Crippen molar-refractivity contribution in [3.05, 3.63) is 72.8 Å².